The van der Waals surface area contributed by atoms with Gasteiger partial charge in [-0.15, -0.1) is 0 Å². The number of sulfonamides is 1. The van der Waals surface area contributed by atoms with Crippen molar-refractivity contribution in [3.63, 3.8) is 0 Å². The van der Waals surface area contributed by atoms with Gasteiger partial charge in [-0.3, -0.25) is 4.79 Å². The minimum absolute atomic E-state index is 0.115. The summed E-state index contributed by atoms with van der Waals surface area (Å²) in [5.41, 5.74) is 5.49. The Bertz CT molecular complexity index is 1600. The molecule has 1 atom stereocenters. The van der Waals surface area contributed by atoms with Gasteiger partial charge in [-0.2, -0.15) is 5.10 Å². The molecule has 10 heteroatoms. The van der Waals surface area contributed by atoms with Crippen LogP contribution in [0.5, 0.6) is 5.75 Å². The summed E-state index contributed by atoms with van der Waals surface area (Å²) in [5.74, 6) is 0.0236. The van der Waals surface area contributed by atoms with Crippen molar-refractivity contribution >= 4 is 45.3 Å². The Morgan fingerprint density at radius 2 is 1.65 bits per heavy atom. The lowest BCUT2D eigenvalue weighted by Gasteiger charge is -2.18. The van der Waals surface area contributed by atoms with Gasteiger partial charge >= 0.3 is 0 Å². The molecule has 4 rings (SSSR count). The van der Waals surface area contributed by atoms with E-state index in [1.54, 1.807) is 60.7 Å². The number of nitrogens with zero attached hydrogens (tertiary/aromatic N) is 1. The maximum atomic E-state index is 13.1. The summed E-state index contributed by atoms with van der Waals surface area (Å²) in [5, 5.41) is 5.14. The lowest BCUT2D eigenvalue weighted by molar-refractivity contribution is -0.121. The van der Waals surface area contributed by atoms with Crippen LogP contribution in [-0.2, 0) is 21.4 Å². The number of benzene rings is 4. The van der Waals surface area contributed by atoms with Crippen LogP contribution in [0.25, 0.3) is 0 Å². The predicted molar refractivity (Wildman–Crippen MR) is 158 cm³/mol. The molecule has 0 saturated carbocycles. The fourth-order valence-corrected chi connectivity index (χ4v) is 5.45. The summed E-state index contributed by atoms with van der Waals surface area (Å²) in [6, 6.07) is 27.0. The summed E-state index contributed by atoms with van der Waals surface area (Å²) in [4.78, 5) is 13.0. The summed E-state index contributed by atoms with van der Waals surface area (Å²) < 4.78 is 34.7. The van der Waals surface area contributed by atoms with Gasteiger partial charge in [0.2, 0.25) is 15.9 Å². The molecule has 2 N–H and O–H groups in total. The minimum atomic E-state index is -3.88. The van der Waals surface area contributed by atoms with Crippen molar-refractivity contribution in [2.45, 2.75) is 30.9 Å². The Kier molecular flexibility index (Phi) is 9.95. The molecule has 0 unspecified atom stereocenters. The van der Waals surface area contributed by atoms with Crippen molar-refractivity contribution < 1.29 is 17.9 Å². The molecule has 4 aromatic rings. The van der Waals surface area contributed by atoms with Crippen LogP contribution in [0, 0.1) is 6.92 Å². The number of hydrogen-bond donors (Lipinski definition) is 2. The number of aryl methyl sites for hydroxylation is 1. The number of amides is 1. The maximum absolute atomic E-state index is 13.1. The molecule has 1 amide bonds. The van der Waals surface area contributed by atoms with Gasteiger partial charge in [-0.1, -0.05) is 83.4 Å². The molecular formula is C30H27Cl2N3O4S. The van der Waals surface area contributed by atoms with Gasteiger partial charge in [0.1, 0.15) is 12.4 Å². The summed E-state index contributed by atoms with van der Waals surface area (Å²) in [7, 11) is -3.88. The highest BCUT2D eigenvalue weighted by Crippen LogP contribution is 2.24. The second-order valence-corrected chi connectivity index (χ2v) is 11.6. The number of rotatable bonds is 11. The molecule has 0 heterocycles. The molecule has 0 saturated heterocycles. The van der Waals surface area contributed by atoms with Crippen molar-refractivity contribution in [3.8, 4) is 5.75 Å². The van der Waals surface area contributed by atoms with E-state index in [0.717, 1.165) is 11.1 Å². The molecule has 4 aromatic carbocycles. The number of ether oxygens (including phenoxy) is 1. The molecule has 0 radical (unpaired) electrons. The van der Waals surface area contributed by atoms with E-state index in [1.165, 1.54) is 18.3 Å². The molecular weight excluding hydrogens is 569 g/mol. The van der Waals surface area contributed by atoms with Crippen molar-refractivity contribution in [1.29, 1.82) is 0 Å². The monoisotopic (exact) mass is 595 g/mol. The van der Waals surface area contributed by atoms with E-state index < -0.39 is 22.0 Å². The van der Waals surface area contributed by atoms with Crippen molar-refractivity contribution in [3.05, 3.63) is 129 Å². The number of carbonyl (C=O) groups is 1. The Morgan fingerprint density at radius 3 is 2.38 bits per heavy atom. The third kappa shape index (κ3) is 8.40. The van der Waals surface area contributed by atoms with E-state index in [9.17, 15) is 13.2 Å². The minimum Gasteiger partial charge on any atom is -0.488 e. The Balaban J connectivity index is 1.45. The zero-order chi connectivity index (χ0) is 28.5. The van der Waals surface area contributed by atoms with Crippen LogP contribution in [0.4, 0.5) is 0 Å². The van der Waals surface area contributed by atoms with Gasteiger partial charge in [0.05, 0.1) is 17.2 Å². The number of hydrogen-bond acceptors (Lipinski definition) is 5. The summed E-state index contributed by atoms with van der Waals surface area (Å²) in [6.07, 6.45) is 1.24. The molecule has 0 fully saturated rings. The summed E-state index contributed by atoms with van der Waals surface area (Å²) >= 11 is 12.2. The van der Waals surface area contributed by atoms with Crippen LogP contribution >= 0.6 is 23.2 Å². The Morgan fingerprint density at radius 1 is 0.925 bits per heavy atom. The number of hydrazone groups is 1. The first-order valence-electron chi connectivity index (χ1n) is 12.3. The first-order valence-corrected chi connectivity index (χ1v) is 14.6. The van der Waals surface area contributed by atoms with Gasteiger partial charge in [0.25, 0.3) is 0 Å². The van der Waals surface area contributed by atoms with Gasteiger partial charge < -0.3 is 4.74 Å². The van der Waals surface area contributed by atoms with Crippen LogP contribution in [0.15, 0.2) is 107 Å². The SMILES string of the molecule is Cc1ccc(S(=O)(=O)N[C@@H](CC(=O)N/N=C\c2cc(Cl)ccc2OCc2cccc(Cl)c2)c2ccccc2)cc1. The van der Waals surface area contributed by atoms with E-state index in [4.69, 9.17) is 27.9 Å². The molecule has 0 aliphatic heterocycles. The molecule has 0 bridgehead atoms. The third-order valence-corrected chi connectivity index (χ3v) is 7.83. The van der Waals surface area contributed by atoms with Gasteiger partial charge in [0, 0.05) is 22.0 Å². The lowest BCUT2D eigenvalue weighted by atomic mass is 10.0. The highest BCUT2D eigenvalue weighted by atomic mass is 35.5. The third-order valence-electron chi connectivity index (χ3n) is 5.87. The van der Waals surface area contributed by atoms with Crippen LogP contribution in [0.2, 0.25) is 10.0 Å². The Hall–Kier alpha value is -3.69. The zero-order valence-corrected chi connectivity index (χ0v) is 23.9. The van der Waals surface area contributed by atoms with Crippen LogP contribution < -0.4 is 14.9 Å². The molecule has 0 spiro atoms. The quantitative estimate of drug-likeness (QED) is 0.154. The summed E-state index contributed by atoms with van der Waals surface area (Å²) in [6.45, 7) is 2.15. The molecule has 206 valence electrons. The zero-order valence-electron chi connectivity index (χ0n) is 21.6. The van der Waals surface area contributed by atoms with E-state index in [1.807, 2.05) is 31.2 Å². The fourth-order valence-electron chi connectivity index (χ4n) is 3.83. The fraction of sp³-hybridized carbons (Fsp3) is 0.133. The topological polar surface area (TPSA) is 96.9 Å². The molecule has 0 aliphatic carbocycles. The average Bonchev–Trinajstić information content (AvgIpc) is 2.93. The van der Waals surface area contributed by atoms with E-state index in [-0.39, 0.29) is 17.9 Å². The number of halogens is 2. The highest BCUT2D eigenvalue weighted by Gasteiger charge is 2.23. The van der Waals surface area contributed by atoms with Gasteiger partial charge in [-0.25, -0.2) is 18.6 Å². The normalized spacial score (nSPS) is 12.3. The number of nitrogens with one attached hydrogen (secondary N) is 2. The van der Waals surface area contributed by atoms with Crippen molar-refractivity contribution in [2.24, 2.45) is 5.10 Å². The highest BCUT2D eigenvalue weighted by molar-refractivity contribution is 7.89. The van der Waals surface area contributed by atoms with Crippen LogP contribution in [0.3, 0.4) is 0 Å². The molecule has 0 aliphatic rings. The van der Waals surface area contributed by atoms with Crippen molar-refractivity contribution in [2.75, 3.05) is 0 Å². The molecule has 40 heavy (non-hydrogen) atoms. The van der Waals surface area contributed by atoms with E-state index in [2.05, 4.69) is 15.2 Å². The smallest absolute Gasteiger partial charge is 0.242 e. The van der Waals surface area contributed by atoms with Gasteiger partial charge in [-0.05, 0) is 60.5 Å². The Labute approximate surface area is 243 Å². The van der Waals surface area contributed by atoms with Crippen molar-refractivity contribution in [1.82, 2.24) is 10.1 Å². The molecule has 0 aromatic heterocycles. The van der Waals surface area contributed by atoms with E-state index in [0.29, 0.717) is 26.9 Å². The first kappa shape index (κ1) is 29.3. The largest absolute Gasteiger partial charge is 0.488 e. The lowest BCUT2D eigenvalue weighted by Crippen LogP contribution is -2.32. The number of carbonyl (C=O) groups excluding carboxylic acids is 1. The average molecular weight is 597 g/mol. The van der Waals surface area contributed by atoms with E-state index >= 15 is 0 Å². The maximum Gasteiger partial charge on any atom is 0.242 e. The standard InChI is InChI=1S/C30H27Cl2N3O4S/c1-21-10-13-27(14-11-21)40(37,38)35-28(23-7-3-2-4-8-23)18-30(36)34-33-19-24-17-26(32)12-15-29(24)39-20-22-6-5-9-25(31)16-22/h2-17,19,28,35H,18,20H2,1H3,(H,34,36)/b33-19-/t28-/m0/s1. The van der Waals surface area contributed by atoms with Crippen LogP contribution in [0.1, 0.15) is 34.7 Å². The molecule has 7 nitrogen and oxygen atoms in total. The first-order chi connectivity index (χ1) is 19.2. The second-order valence-electron chi connectivity index (χ2n) is 9.00. The van der Waals surface area contributed by atoms with Gasteiger partial charge in [0.15, 0.2) is 0 Å². The van der Waals surface area contributed by atoms with Crippen LogP contribution in [-0.4, -0.2) is 20.5 Å². The predicted octanol–water partition coefficient (Wildman–Crippen LogP) is 6.44. The second kappa shape index (κ2) is 13.6.